The molecule has 20 heavy (non-hydrogen) atoms. The van der Waals surface area contributed by atoms with E-state index < -0.39 is 0 Å². The van der Waals surface area contributed by atoms with Crippen LogP contribution in [-0.2, 0) is 0 Å². The van der Waals surface area contributed by atoms with Gasteiger partial charge in [0.25, 0.3) is 0 Å². The Morgan fingerprint density at radius 3 is 2.40 bits per heavy atom. The molecule has 0 aliphatic heterocycles. The van der Waals surface area contributed by atoms with Gasteiger partial charge in [0.15, 0.2) is 5.78 Å². The van der Waals surface area contributed by atoms with Crippen LogP contribution < -0.4 is 4.74 Å². The zero-order chi connectivity index (χ0) is 14.4. The van der Waals surface area contributed by atoms with Crippen molar-refractivity contribution in [3.8, 4) is 5.75 Å². The molecule has 1 unspecified atom stereocenters. The van der Waals surface area contributed by atoms with Crippen LogP contribution in [-0.4, -0.2) is 12.4 Å². The zero-order valence-corrected chi connectivity index (χ0v) is 12.0. The second-order valence-corrected chi connectivity index (χ2v) is 4.84. The Kier molecular flexibility index (Phi) is 4.94. The number of para-hydroxylation sites is 1. The average Bonchev–Trinajstić information content (AvgIpc) is 2.52. The molecule has 0 heterocycles. The lowest BCUT2D eigenvalue weighted by atomic mass is 9.92. The lowest BCUT2D eigenvalue weighted by molar-refractivity contribution is 0.0962. The Labute approximate surface area is 120 Å². The summed E-state index contributed by atoms with van der Waals surface area (Å²) in [6.07, 6.45) is 0.927. The van der Waals surface area contributed by atoms with Gasteiger partial charge in [-0.15, -0.1) is 0 Å². The van der Waals surface area contributed by atoms with Crippen LogP contribution in [0.25, 0.3) is 0 Å². The summed E-state index contributed by atoms with van der Waals surface area (Å²) in [5.74, 6) is 0.618. The van der Waals surface area contributed by atoms with Crippen LogP contribution in [0.15, 0.2) is 54.6 Å². The van der Waals surface area contributed by atoms with Gasteiger partial charge >= 0.3 is 0 Å². The first-order chi connectivity index (χ1) is 9.74. The number of Topliss-reactive ketones (excluding diaryl/α,β-unsaturated/α-hetero) is 1. The molecule has 0 saturated heterocycles. The summed E-state index contributed by atoms with van der Waals surface area (Å²) in [7, 11) is 0. The van der Waals surface area contributed by atoms with E-state index in [1.54, 1.807) is 0 Å². The number of benzene rings is 2. The van der Waals surface area contributed by atoms with Crippen LogP contribution in [0.2, 0.25) is 0 Å². The summed E-state index contributed by atoms with van der Waals surface area (Å²) in [4.78, 5) is 12.6. The molecule has 0 N–H and O–H groups in total. The van der Waals surface area contributed by atoms with E-state index in [1.165, 1.54) is 0 Å². The van der Waals surface area contributed by atoms with Crippen LogP contribution in [0, 0.1) is 0 Å². The van der Waals surface area contributed by atoms with E-state index in [0.29, 0.717) is 17.9 Å². The number of rotatable bonds is 6. The summed E-state index contributed by atoms with van der Waals surface area (Å²) < 4.78 is 5.67. The van der Waals surface area contributed by atoms with Gasteiger partial charge in [-0.1, -0.05) is 56.3 Å². The maximum atomic E-state index is 12.6. The van der Waals surface area contributed by atoms with Crippen molar-refractivity contribution in [3.63, 3.8) is 0 Å². The molecular formula is C18H20O2. The highest BCUT2D eigenvalue weighted by atomic mass is 16.5. The number of ketones is 1. The molecular weight excluding hydrogens is 248 g/mol. The number of hydrogen-bond acceptors (Lipinski definition) is 2. The normalized spacial score (nSPS) is 11.9. The van der Waals surface area contributed by atoms with E-state index in [-0.39, 0.29) is 11.7 Å². The molecule has 0 aromatic heterocycles. The Hall–Kier alpha value is -2.09. The lowest BCUT2D eigenvalue weighted by Gasteiger charge is -2.14. The van der Waals surface area contributed by atoms with Crippen molar-refractivity contribution in [2.24, 2.45) is 0 Å². The molecule has 2 aromatic rings. The summed E-state index contributed by atoms with van der Waals surface area (Å²) >= 11 is 0. The Balaban J connectivity index is 2.25. The molecule has 0 aliphatic carbocycles. The molecule has 2 rings (SSSR count). The molecule has 2 nitrogen and oxygen atoms in total. The first-order valence-electron chi connectivity index (χ1n) is 7.05. The first kappa shape index (κ1) is 14.3. The van der Waals surface area contributed by atoms with Crippen molar-refractivity contribution in [1.29, 1.82) is 0 Å². The quantitative estimate of drug-likeness (QED) is 0.723. The number of ether oxygens (including phenoxy) is 1. The van der Waals surface area contributed by atoms with Crippen molar-refractivity contribution >= 4 is 5.78 Å². The second-order valence-electron chi connectivity index (χ2n) is 4.84. The Morgan fingerprint density at radius 2 is 1.70 bits per heavy atom. The highest BCUT2D eigenvalue weighted by molar-refractivity contribution is 6.02. The zero-order valence-electron chi connectivity index (χ0n) is 12.0. The fourth-order valence-electron chi connectivity index (χ4n) is 2.13. The number of carbonyl (C=O) groups is 1. The van der Waals surface area contributed by atoms with E-state index in [4.69, 9.17) is 4.74 Å². The minimum Gasteiger partial charge on any atom is -0.493 e. The third kappa shape index (κ3) is 3.27. The summed E-state index contributed by atoms with van der Waals surface area (Å²) in [6.45, 7) is 4.62. The number of carbonyl (C=O) groups excluding carboxylic acids is 1. The van der Waals surface area contributed by atoms with Crippen LogP contribution in [0.1, 0.15) is 42.1 Å². The van der Waals surface area contributed by atoms with Gasteiger partial charge in [0.2, 0.25) is 0 Å². The third-order valence-electron chi connectivity index (χ3n) is 3.31. The highest BCUT2D eigenvalue weighted by Gasteiger charge is 2.20. The summed E-state index contributed by atoms with van der Waals surface area (Å²) in [6, 6.07) is 17.3. The maximum Gasteiger partial charge on any atom is 0.173 e. The van der Waals surface area contributed by atoms with E-state index >= 15 is 0 Å². The minimum atomic E-state index is -0.164. The van der Waals surface area contributed by atoms with Crippen molar-refractivity contribution in [2.45, 2.75) is 26.2 Å². The first-order valence-corrected chi connectivity index (χ1v) is 7.05. The van der Waals surface area contributed by atoms with Gasteiger partial charge in [0, 0.05) is 5.92 Å². The standard InChI is InChI=1S/C18H20O2/c1-3-13-20-17-12-8-7-11-16(17)18(19)14(2)15-9-5-4-6-10-15/h4-12,14H,3,13H2,1-2H3. The van der Waals surface area contributed by atoms with Gasteiger partial charge in [0.1, 0.15) is 5.75 Å². The van der Waals surface area contributed by atoms with Gasteiger partial charge in [0.05, 0.1) is 12.2 Å². The minimum absolute atomic E-state index is 0.0999. The Morgan fingerprint density at radius 1 is 1.05 bits per heavy atom. The molecule has 1 atom stereocenters. The summed E-state index contributed by atoms with van der Waals surface area (Å²) in [5, 5.41) is 0. The van der Waals surface area contributed by atoms with Crippen molar-refractivity contribution in [3.05, 3.63) is 65.7 Å². The fraction of sp³-hybridized carbons (Fsp3) is 0.278. The lowest BCUT2D eigenvalue weighted by Crippen LogP contribution is -2.11. The van der Waals surface area contributed by atoms with Gasteiger partial charge in [-0.3, -0.25) is 4.79 Å². The largest absolute Gasteiger partial charge is 0.493 e. The van der Waals surface area contributed by atoms with E-state index in [0.717, 1.165) is 12.0 Å². The van der Waals surface area contributed by atoms with Gasteiger partial charge in [-0.05, 0) is 24.1 Å². The molecule has 0 amide bonds. The molecule has 104 valence electrons. The van der Waals surface area contributed by atoms with Crippen LogP contribution in [0.5, 0.6) is 5.75 Å². The van der Waals surface area contributed by atoms with Gasteiger partial charge < -0.3 is 4.74 Å². The molecule has 0 bridgehead atoms. The highest BCUT2D eigenvalue weighted by Crippen LogP contribution is 2.26. The van der Waals surface area contributed by atoms with Gasteiger partial charge in [-0.25, -0.2) is 0 Å². The Bertz CT molecular complexity index is 561. The third-order valence-corrected chi connectivity index (χ3v) is 3.31. The smallest absolute Gasteiger partial charge is 0.173 e. The topological polar surface area (TPSA) is 26.3 Å². The fourth-order valence-corrected chi connectivity index (χ4v) is 2.13. The molecule has 0 fully saturated rings. The van der Waals surface area contributed by atoms with Crippen LogP contribution in [0.4, 0.5) is 0 Å². The van der Waals surface area contributed by atoms with Gasteiger partial charge in [-0.2, -0.15) is 0 Å². The molecule has 2 heteroatoms. The SMILES string of the molecule is CCCOc1ccccc1C(=O)C(C)c1ccccc1. The predicted molar refractivity (Wildman–Crippen MR) is 81.4 cm³/mol. The molecule has 0 saturated carbocycles. The average molecular weight is 268 g/mol. The monoisotopic (exact) mass is 268 g/mol. The van der Waals surface area contributed by atoms with Crippen molar-refractivity contribution in [2.75, 3.05) is 6.61 Å². The van der Waals surface area contributed by atoms with Crippen LogP contribution >= 0.6 is 0 Å². The molecule has 2 aromatic carbocycles. The molecule has 0 aliphatic rings. The van der Waals surface area contributed by atoms with Crippen LogP contribution in [0.3, 0.4) is 0 Å². The maximum absolute atomic E-state index is 12.6. The van der Waals surface area contributed by atoms with E-state index in [9.17, 15) is 4.79 Å². The number of hydrogen-bond donors (Lipinski definition) is 0. The van der Waals surface area contributed by atoms with Crippen molar-refractivity contribution < 1.29 is 9.53 Å². The predicted octanol–water partition coefficient (Wildman–Crippen LogP) is 4.46. The molecule has 0 spiro atoms. The van der Waals surface area contributed by atoms with Crippen molar-refractivity contribution in [1.82, 2.24) is 0 Å². The summed E-state index contributed by atoms with van der Waals surface area (Å²) in [5.41, 5.74) is 1.69. The van der Waals surface area contributed by atoms with E-state index in [1.807, 2.05) is 61.5 Å². The molecule has 0 radical (unpaired) electrons. The second kappa shape index (κ2) is 6.90. The van der Waals surface area contributed by atoms with E-state index in [2.05, 4.69) is 6.92 Å².